The quantitative estimate of drug-likeness (QED) is 0.315. The molecule has 0 bridgehead atoms. The minimum atomic E-state index is -3.76. The normalized spacial score (nSPS) is 21.2. The van der Waals surface area contributed by atoms with Gasteiger partial charge in [-0.25, -0.2) is 44.5 Å². The molecule has 1 aromatic carbocycles. The van der Waals surface area contributed by atoms with E-state index < -0.39 is 96.1 Å². The zero-order valence-corrected chi connectivity index (χ0v) is 21.2. The van der Waals surface area contributed by atoms with Crippen molar-refractivity contribution in [2.24, 2.45) is 5.92 Å². The van der Waals surface area contributed by atoms with E-state index in [0.717, 1.165) is 12.1 Å². The van der Waals surface area contributed by atoms with E-state index in [1.54, 1.807) is 5.32 Å². The monoisotopic (exact) mass is 586 g/mol. The van der Waals surface area contributed by atoms with E-state index in [1.807, 2.05) is 0 Å². The molecule has 0 spiro atoms. The highest BCUT2D eigenvalue weighted by Gasteiger charge is 2.52. The van der Waals surface area contributed by atoms with Crippen LogP contribution in [0.3, 0.4) is 0 Å². The number of H-pyrrole nitrogens is 1. The maximum atomic E-state index is 15.6. The van der Waals surface area contributed by atoms with Gasteiger partial charge in [0, 0.05) is 25.3 Å². The van der Waals surface area contributed by atoms with Crippen molar-refractivity contribution in [2.75, 3.05) is 6.54 Å². The van der Waals surface area contributed by atoms with Crippen molar-refractivity contribution in [1.82, 2.24) is 20.6 Å². The van der Waals surface area contributed by atoms with Crippen LogP contribution in [0.1, 0.15) is 68.8 Å². The predicted molar refractivity (Wildman–Crippen MR) is 124 cm³/mol. The van der Waals surface area contributed by atoms with Gasteiger partial charge in [-0.05, 0) is 37.7 Å². The van der Waals surface area contributed by atoms with Crippen LogP contribution < -0.4 is 10.6 Å². The Morgan fingerprint density at radius 3 is 2.27 bits per heavy atom. The first-order valence-corrected chi connectivity index (χ1v) is 12.6. The lowest BCUT2D eigenvalue weighted by Crippen LogP contribution is -2.42. The Morgan fingerprint density at radius 2 is 1.73 bits per heavy atom. The molecule has 2 amide bonds. The molecule has 0 aliphatic heterocycles. The fourth-order valence-corrected chi connectivity index (χ4v) is 4.83. The molecule has 3 atom stereocenters. The molecule has 2 fully saturated rings. The van der Waals surface area contributed by atoms with Crippen LogP contribution in [-0.4, -0.2) is 58.4 Å². The highest BCUT2D eigenvalue weighted by molar-refractivity contribution is 5.89. The molecule has 15 heteroatoms. The summed E-state index contributed by atoms with van der Waals surface area (Å²) in [6.45, 7) is -0.885. The van der Waals surface area contributed by atoms with Crippen molar-refractivity contribution in [3.63, 3.8) is 0 Å². The molecule has 1 unspecified atom stereocenters. The third-order valence-corrected chi connectivity index (χ3v) is 7.30. The van der Waals surface area contributed by atoms with Crippen molar-refractivity contribution < 1.29 is 49.1 Å². The first kappa shape index (κ1) is 30.0. The summed E-state index contributed by atoms with van der Waals surface area (Å²) in [6.07, 6.45) is -8.27. The average Bonchev–Trinajstić information content (AvgIpc) is 3.47. The molecule has 2 aliphatic rings. The van der Waals surface area contributed by atoms with Crippen LogP contribution in [-0.2, 0) is 9.59 Å². The molecule has 3 N–H and O–H groups in total. The van der Waals surface area contributed by atoms with Crippen molar-refractivity contribution in [3.05, 3.63) is 29.3 Å². The number of benzene rings is 1. The molecule has 1 heterocycles. The van der Waals surface area contributed by atoms with Gasteiger partial charge >= 0.3 is 0 Å². The third-order valence-electron chi connectivity index (χ3n) is 7.30. The maximum Gasteiger partial charge on any atom is 0.270 e. The summed E-state index contributed by atoms with van der Waals surface area (Å²) >= 11 is 0. The van der Waals surface area contributed by atoms with Crippen molar-refractivity contribution in [3.8, 4) is 0 Å². The highest BCUT2D eigenvalue weighted by atomic mass is 19.3. The van der Waals surface area contributed by atoms with Gasteiger partial charge < -0.3 is 15.6 Å². The average molecular weight is 586 g/mol. The lowest BCUT2D eigenvalue weighted by atomic mass is 9.81. The number of rotatable bonds is 10. The molecular weight excluding hydrogens is 559 g/mol. The van der Waals surface area contributed by atoms with E-state index in [0.29, 0.717) is 6.92 Å². The SMILES string of the molecule is CC(F)(F)CNC(=O)[C@H](c1ccc2[nH]c([C@@H](NC(=O)C3(F)CC3)C3CCC(F)(F)CC3)nc2c1F)C(F)C(F)F. The van der Waals surface area contributed by atoms with Crippen molar-refractivity contribution in [1.29, 1.82) is 0 Å². The zero-order chi connectivity index (χ0) is 29.6. The minimum absolute atomic E-state index is 0.0334. The number of fused-ring (bicyclic) bond motifs is 1. The number of aromatic amines is 1. The van der Waals surface area contributed by atoms with Gasteiger partial charge in [0.05, 0.1) is 18.1 Å². The predicted octanol–water partition coefficient (Wildman–Crippen LogP) is 5.65. The fourth-order valence-electron chi connectivity index (χ4n) is 4.83. The molecule has 2 saturated carbocycles. The number of imidazole rings is 1. The second-order valence-electron chi connectivity index (χ2n) is 10.6. The van der Waals surface area contributed by atoms with E-state index in [4.69, 9.17) is 0 Å². The zero-order valence-electron chi connectivity index (χ0n) is 21.2. The van der Waals surface area contributed by atoms with Crippen molar-refractivity contribution in [2.45, 2.75) is 87.5 Å². The smallest absolute Gasteiger partial charge is 0.270 e. The number of halogens is 9. The van der Waals surface area contributed by atoms with Gasteiger partial charge in [-0.2, -0.15) is 0 Å². The third kappa shape index (κ3) is 6.48. The lowest BCUT2D eigenvalue weighted by Gasteiger charge is -2.33. The van der Waals surface area contributed by atoms with Gasteiger partial charge in [-0.1, -0.05) is 6.07 Å². The summed E-state index contributed by atoms with van der Waals surface area (Å²) in [7, 11) is 0. The largest absolute Gasteiger partial charge is 0.349 e. The molecule has 0 saturated heterocycles. The van der Waals surface area contributed by atoms with E-state index in [2.05, 4.69) is 15.3 Å². The number of carbonyl (C=O) groups is 2. The molecular formula is C25H27F9N4O2. The van der Waals surface area contributed by atoms with Crippen LogP contribution in [0.2, 0.25) is 0 Å². The Bertz CT molecular complexity index is 1250. The number of nitrogens with zero attached hydrogens (tertiary/aromatic N) is 1. The summed E-state index contributed by atoms with van der Waals surface area (Å²) < 4.78 is 125. The van der Waals surface area contributed by atoms with Crippen LogP contribution in [0.5, 0.6) is 0 Å². The van der Waals surface area contributed by atoms with E-state index in [9.17, 15) is 44.7 Å². The first-order chi connectivity index (χ1) is 18.5. The second kappa shape index (κ2) is 10.8. The Balaban J connectivity index is 1.70. The number of nitrogens with one attached hydrogen (secondary N) is 3. The number of aromatic nitrogens is 2. The summed E-state index contributed by atoms with van der Waals surface area (Å²) in [5, 5.41) is 4.11. The Labute approximate surface area is 222 Å². The minimum Gasteiger partial charge on any atom is -0.349 e. The van der Waals surface area contributed by atoms with E-state index in [-0.39, 0.29) is 37.0 Å². The van der Waals surface area contributed by atoms with Crippen LogP contribution in [0.25, 0.3) is 11.0 Å². The van der Waals surface area contributed by atoms with Gasteiger partial charge in [0.2, 0.25) is 11.8 Å². The molecule has 4 rings (SSSR count). The first-order valence-electron chi connectivity index (χ1n) is 12.6. The molecule has 0 radical (unpaired) electrons. The van der Waals surface area contributed by atoms with E-state index >= 15 is 4.39 Å². The number of hydrogen-bond donors (Lipinski definition) is 3. The van der Waals surface area contributed by atoms with Crippen LogP contribution >= 0.6 is 0 Å². The van der Waals surface area contributed by atoms with Gasteiger partial charge in [-0.3, -0.25) is 9.59 Å². The van der Waals surface area contributed by atoms with Crippen LogP contribution in [0.15, 0.2) is 12.1 Å². The Kier molecular flexibility index (Phi) is 8.07. The maximum absolute atomic E-state index is 15.6. The molecule has 2 aliphatic carbocycles. The second-order valence-corrected chi connectivity index (χ2v) is 10.6. The summed E-state index contributed by atoms with van der Waals surface area (Å²) in [5.41, 5.74) is -3.64. The highest BCUT2D eigenvalue weighted by Crippen LogP contribution is 2.44. The Hall–Kier alpha value is -3.00. The molecule has 1 aromatic heterocycles. The number of alkyl halides is 8. The van der Waals surface area contributed by atoms with Crippen LogP contribution in [0.4, 0.5) is 39.5 Å². The number of carbonyl (C=O) groups excluding carboxylic acids is 2. The number of amides is 2. The molecule has 222 valence electrons. The van der Waals surface area contributed by atoms with Gasteiger partial charge in [0.1, 0.15) is 17.3 Å². The number of hydrogen-bond acceptors (Lipinski definition) is 3. The van der Waals surface area contributed by atoms with Gasteiger partial charge in [0.25, 0.3) is 18.3 Å². The standard InChI is InChI=1S/C25H27F9N4O2/c1-23(30,31)10-35-21(39)14(16(27)19(28)29)12-2-3-13-18(15(12)26)37-20(36-13)17(38-22(40)24(32)8-9-24)11-4-6-25(33,34)7-5-11/h2-3,11,14,16-17,19H,4-10H2,1H3,(H,35,39)(H,36,37)(H,38,40)/t14-,16?,17+/m1/s1. The van der Waals surface area contributed by atoms with Crippen LogP contribution in [0, 0.1) is 11.7 Å². The molecule has 6 nitrogen and oxygen atoms in total. The fraction of sp³-hybridized carbons (Fsp3) is 0.640. The summed E-state index contributed by atoms with van der Waals surface area (Å²) in [4.78, 5) is 31.7. The molecule has 40 heavy (non-hydrogen) atoms. The topological polar surface area (TPSA) is 86.9 Å². The van der Waals surface area contributed by atoms with E-state index in [1.165, 1.54) is 0 Å². The summed E-state index contributed by atoms with van der Waals surface area (Å²) in [6, 6.07) is 0.758. The Morgan fingerprint density at radius 1 is 1.10 bits per heavy atom. The van der Waals surface area contributed by atoms with Crippen molar-refractivity contribution >= 4 is 22.8 Å². The summed E-state index contributed by atoms with van der Waals surface area (Å²) in [5.74, 6) is -13.7. The van der Waals surface area contributed by atoms with Gasteiger partial charge in [0.15, 0.2) is 17.7 Å². The van der Waals surface area contributed by atoms with Gasteiger partial charge in [-0.15, -0.1) is 0 Å². The lowest BCUT2D eigenvalue weighted by molar-refractivity contribution is -0.129. The molecule has 2 aromatic rings.